The maximum absolute atomic E-state index is 13.3. The number of hydrogen-bond acceptors (Lipinski definition) is 5. The predicted octanol–water partition coefficient (Wildman–Crippen LogP) is 4.05. The first-order valence-corrected chi connectivity index (χ1v) is 11.6. The molecule has 7 nitrogen and oxygen atoms in total. The van der Waals surface area contributed by atoms with Crippen LogP contribution in [0, 0.1) is 0 Å². The molecule has 3 rings (SSSR count). The van der Waals surface area contributed by atoms with Crippen molar-refractivity contribution in [3.05, 3.63) is 71.8 Å². The Bertz CT molecular complexity index is 1090. The maximum atomic E-state index is 13.3. The summed E-state index contributed by atoms with van der Waals surface area (Å²) in [6.45, 7) is 3.98. The number of nitrogens with zero attached hydrogens (tertiary/aromatic N) is 1. The van der Waals surface area contributed by atoms with E-state index in [4.69, 9.17) is 16.3 Å². The monoisotopic (exact) mass is 461 g/mol. The number of anilines is 3. The highest BCUT2D eigenvalue weighted by atomic mass is 35.5. The van der Waals surface area contributed by atoms with E-state index in [9.17, 15) is 13.2 Å². The molecule has 1 aliphatic heterocycles. The second kappa shape index (κ2) is 10.5. The molecule has 0 radical (unpaired) electrons. The summed E-state index contributed by atoms with van der Waals surface area (Å²) in [5.41, 5.74) is 1.18. The number of rotatable bonds is 7. The third-order valence-electron chi connectivity index (χ3n) is 4.54. The van der Waals surface area contributed by atoms with E-state index in [-0.39, 0.29) is 21.5 Å². The largest absolute Gasteiger partial charge is 0.378 e. The molecule has 2 N–H and O–H groups in total. The molecule has 2 aromatic rings. The number of halogens is 1. The topological polar surface area (TPSA) is 87.7 Å². The van der Waals surface area contributed by atoms with Crippen LogP contribution >= 0.6 is 11.6 Å². The molecular formula is C22H24ClN3O4S. The van der Waals surface area contributed by atoms with Crippen LogP contribution in [0.25, 0.3) is 0 Å². The van der Waals surface area contributed by atoms with Gasteiger partial charge in [0.1, 0.15) is 4.90 Å². The average Bonchev–Trinajstić information content (AvgIpc) is 2.76. The zero-order valence-corrected chi connectivity index (χ0v) is 18.6. The van der Waals surface area contributed by atoms with Crippen molar-refractivity contribution in [2.45, 2.75) is 11.8 Å². The van der Waals surface area contributed by atoms with Gasteiger partial charge >= 0.3 is 0 Å². The molecule has 0 aromatic heterocycles. The van der Waals surface area contributed by atoms with E-state index < -0.39 is 10.0 Å². The SMILES string of the molecule is C/C=C/C=C/C(=O)Nc1ccc(N2CCOCC2)c(S(=O)(=O)Nc2ccccc2Cl)c1. The first-order valence-electron chi connectivity index (χ1n) is 9.75. The van der Waals surface area contributed by atoms with Gasteiger partial charge in [0.2, 0.25) is 5.91 Å². The molecule has 0 bridgehead atoms. The summed E-state index contributed by atoms with van der Waals surface area (Å²) in [7, 11) is -3.99. The molecule has 31 heavy (non-hydrogen) atoms. The predicted molar refractivity (Wildman–Crippen MR) is 124 cm³/mol. The van der Waals surface area contributed by atoms with Gasteiger partial charge in [-0.2, -0.15) is 0 Å². The average molecular weight is 462 g/mol. The van der Waals surface area contributed by atoms with Gasteiger partial charge in [0.05, 0.1) is 29.6 Å². The minimum Gasteiger partial charge on any atom is -0.378 e. The quantitative estimate of drug-likeness (QED) is 0.479. The summed E-state index contributed by atoms with van der Waals surface area (Å²) >= 11 is 6.14. The summed E-state index contributed by atoms with van der Waals surface area (Å²) in [5, 5.41) is 2.99. The standard InChI is InChI=1S/C22H24ClN3O4S/c1-2-3-4-9-22(27)24-17-10-11-20(26-12-14-30-15-13-26)21(16-17)31(28,29)25-19-8-6-5-7-18(19)23/h2-11,16,25H,12-15H2,1H3,(H,24,27)/b3-2+,9-4+. The fourth-order valence-electron chi connectivity index (χ4n) is 3.05. The Morgan fingerprint density at radius 1 is 1.13 bits per heavy atom. The van der Waals surface area contributed by atoms with Gasteiger partial charge in [0.25, 0.3) is 10.0 Å². The number of hydrogen-bond donors (Lipinski definition) is 2. The fraction of sp³-hybridized carbons (Fsp3) is 0.227. The lowest BCUT2D eigenvalue weighted by molar-refractivity contribution is -0.111. The van der Waals surface area contributed by atoms with E-state index >= 15 is 0 Å². The third-order valence-corrected chi connectivity index (χ3v) is 6.26. The number of nitrogens with one attached hydrogen (secondary N) is 2. The zero-order valence-electron chi connectivity index (χ0n) is 17.0. The van der Waals surface area contributed by atoms with Crippen molar-refractivity contribution in [2.75, 3.05) is 41.2 Å². The van der Waals surface area contributed by atoms with E-state index in [1.54, 1.807) is 54.6 Å². The van der Waals surface area contributed by atoms with Crippen molar-refractivity contribution in [3.8, 4) is 0 Å². The number of allylic oxidation sites excluding steroid dienone is 3. The Labute approximate surface area is 187 Å². The van der Waals surface area contributed by atoms with E-state index in [1.807, 2.05) is 11.8 Å². The van der Waals surface area contributed by atoms with Gasteiger partial charge in [0, 0.05) is 24.9 Å². The molecule has 0 atom stereocenters. The number of amides is 1. The summed E-state index contributed by atoms with van der Waals surface area (Å²) in [5.74, 6) is -0.361. The summed E-state index contributed by atoms with van der Waals surface area (Å²) in [4.78, 5) is 14.1. The summed E-state index contributed by atoms with van der Waals surface area (Å²) in [6, 6.07) is 11.4. The van der Waals surface area contributed by atoms with Crippen molar-refractivity contribution < 1.29 is 17.9 Å². The van der Waals surface area contributed by atoms with Crippen LogP contribution in [0.15, 0.2) is 71.7 Å². The Kier molecular flexibility index (Phi) is 7.73. The molecular weight excluding hydrogens is 438 g/mol. The smallest absolute Gasteiger partial charge is 0.264 e. The van der Waals surface area contributed by atoms with Crippen molar-refractivity contribution in [1.29, 1.82) is 0 Å². The zero-order chi connectivity index (χ0) is 22.3. The van der Waals surface area contributed by atoms with Crippen LogP contribution in [0.4, 0.5) is 17.1 Å². The van der Waals surface area contributed by atoms with Crippen LogP contribution in [0.3, 0.4) is 0 Å². The van der Waals surface area contributed by atoms with Crippen molar-refractivity contribution in [1.82, 2.24) is 0 Å². The number of benzene rings is 2. The van der Waals surface area contributed by atoms with Crippen LogP contribution in [0.2, 0.25) is 5.02 Å². The molecule has 0 aliphatic carbocycles. The first kappa shape index (κ1) is 22.9. The number of ether oxygens (including phenoxy) is 1. The van der Waals surface area contributed by atoms with Crippen LogP contribution in [0.5, 0.6) is 0 Å². The molecule has 0 spiro atoms. The minimum absolute atomic E-state index is 0.0459. The number of para-hydroxylation sites is 1. The molecule has 164 valence electrons. The summed E-state index contributed by atoms with van der Waals surface area (Å²) < 4.78 is 34.5. The Balaban J connectivity index is 1.97. The van der Waals surface area contributed by atoms with Gasteiger partial charge in [-0.1, -0.05) is 42.0 Å². The number of carbonyl (C=O) groups is 1. The van der Waals surface area contributed by atoms with Gasteiger partial charge in [0.15, 0.2) is 0 Å². The number of morpholine rings is 1. The van der Waals surface area contributed by atoms with Crippen molar-refractivity contribution >= 4 is 44.6 Å². The van der Waals surface area contributed by atoms with Crippen LogP contribution in [-0.4, -0.2) is 40.6 Å². The number of carbonyl (C=O) groups excluding carboxylic acids is 1. The van der Waals surface area contributed by atoms with E-state index in [2.05, 4.69) is 10.0 Å². The molecule has 0 unspecified atom stereocenters. The van der Waals surface area contributed by atoms with Crippen LogP contribution < -0.4 is 14.9 Å². The van der Waals surface area contributed by atoms with E-state index in [1.165, 1.54) is 12.1 Å². The second-order valence-corrected chi connectivity index (χ2v) is 8.80. The lowest BCUT2D eigenvalue weighted by Crippen LogP contribution is -2.37. The lowest BCUT2D eigenvalue weighted by Gasteiger charge is -2.30. The maximum Gasteiger partial charge on any atom is 0.264 e. The molecule has 1 fully saturated rings. The Morgan fingerprint density at radius 3 is 2.58 bits per heavy atom. The van der Waals surface area contributed by atoms with Crippen LogP contribution in [-0.2, 0) is 19.6 Å². The third kappa shape index (κ3) is 6.10. The van der Waals surface area contributed by atoms with Crippen LogP contribution in [0.1, 0.15) is 6.92 Å². The van der Waals surface area contributed by atoms with E-state index in [0.29, 0.717) is 37.7 Å². The molecule has 1 aliphatic rings. The molecule has 1 heterocycles. The van der Waals surface area contributed by atoms with Gasteiger partial charge in [-0.25, -0.2) is 8.42 Å². The molecule has 1 saturated heterocycles. The highest BCUT2D eigenvalue weighted by molar-refractivity contribution is 7.93. The minimum atomic E-state index is -3.99. The Morgan fingerprint density at radius 2 is 1.87 bits per heavy atom. The lowest BCUT2D eigenvalue weighted by atomic mass is 10.2. The van der Waals surface area contributed by atoms with Gasteiger partial charge in [-0.3, -0.25) is 9.52 Å². The molecule has 2 aromatic carbocycles. The van der Waals surface area contributed by atoms with E-state index in [0.717, 1.165) is 0 Å². The summed E-state index contributed by atoms with van der Waals surface area (Å²) in [6.07, 6.45) is 6.50. The Hall–Kier alpha value is -2.81. The second-order valence-electron chi connectivity index (χ2n) is 6.74. The molecule has 1 amide bonds. The molecule has 0 saturated carbocycles. The van der Waals surface area contributed by atoms with Crippen molar-refractivity contribution in [2.24, 2.45) is 0 Å². The van der Waals surface area contributed by atoms with Gasteiger partial charge in [-0.05, 0) is 37.3 Å². The number of sulfonamides is 1. The fourth-order valence-corrected chi connectivity index (χ4v) is 4.63. The highest BCUT2D eigenvalue weighted by Gasteiger charge is 2.25. The first-order chi connectivity index (χ1) is 14.9. The van der Waals surface area contributed by atoms with Gasteiger partial charge < -0.3 is 15.0 Å². The van der Waals surface area contributed by atoms with Crippen molar-refractivity contribution in [3.63, 3.8) is 0 Å². The van der Waals surface area contributed by atoms with Gasteiger partial charge in [-0.15, -0.1) is 0 Å². The highest BCUT2D eigenvalue weighted by Crippen LogP contribution is 2.32. The molecule has 9 heteroatoms. The normalized spacial score (nSPS) is 14.8.